The van der Waals surface area contributed by atoms with E-state index in [9.17, 15) is 4.79 Å². The highest BCUT2D eigenvalue weighted by Gasteiger charge is 2.29. The van der Waals surface area contributed by atoms with Crippen molar-refractivity contribution in [2.24, 2.45) is 11.1 Å². The number of ether oxygens (including phenoxy) is 1. The molecule has 1 fully saturated rings. The molecule has 0 spiro atoms. The van der Waals surface area contributed by atoms with Crippen LogP contribution in [0.3, 0.4) is 0 Å². The van der Waals surface area contributed by atoms with E-state index in [1.165, 1.54) is 0 Å². The third-order valence-corrected chi connectivity index (χ3v) is 5.13. The lowest BCUT2D eigenvalue weighted by Gasteiger charge is -2.20. The molecule has 7 nitrogen and oxygen atoms in total. The van der Waals surface area contributed by atoms with Gasteiger partial charge >= 0.3 is 6.03 Å². The molecule has 2 amide bonds. The minimum atomic E-state index is 0.0811. The fraction of sp³-hybridized carbons (Fsp3) is 0.435. The highest BCUT2D eigenvalue weighted by atomic mass is 16.6. The summed E-state index contributed by atoms with van der Waals surface area (Å²) in [6.07, 6.45) is 7.03. The summed E-state index contributed by atoms with van der Waals surface area (Å²) < 4.78 is 5.85. The number of nitrogens with zero attached hydrogens (tertiary/aromatic N) is 4. The number of pyridine rings is 1. The van der Waals surface area contributed by atoms with Crippen molar-refractivity contribution in [1.82, 2.24) is 9.88 Å². The van der Waals surface area contributed by atoms with Gasteiger partial charge in [0.15, 0.2) is 0 Å². The summed E-state index contributed by atoms with van der Waals surface area (Å²) in [5.41, 5.74) is 1.88. The number of amides is 2. The second kappa shape index (κ2) is 11.2. The van der Waals surface area contributed by atoms with Gasteiger partial charge in [-0.2, -0.15) is 0 Å². The van der Waals surface area contributed by atoms with Gasteiger partial charge in [-0.25, -0.2) is 4.79 Å². The molecule has 1 aromatic heterocycles. The van der Waals surface area contributed by atoms with Crippen LogP contribution in [-0.4, -0.2) is 55.0 Å². The number of aromatic nitrogens is 1. The summed E-state index contributed by atoms with van der Waals surface area (Å²) in [4.78, 5) is 25.3. The smallest absolute Gasteiger partial charge is 0.324 e. The zero-order valence-electron chi connectivity index (χ0n) is 17.7. The standard InChI is InChI=1S/C23H30N4O3/c1-3-30-25-18-20-4-6-22(7-5-20)29-17-11-19(2)10-14-26-15-16-27(23(26)28)21-8-12-24-13-9-21/h4-9,12-13,18-19H,3,10-11,14-17H2,1-2H3/b25-18+/t19-/m1/s1. The van der Waals surface area contributed by atoms with Crippen LogP contribution >= 0.6 is 0 Å². The second-order valence-corrected chi connectivity index (χ2v) is 7.38. The van der Waals surface area contributed by atoms with Crippen molar-refractivity contribution >= 4 is 17.9 Å². The Bertz CT molecular complexity index is 811. The highest BCUT2D eigenvalue weighted by Crippen LogP contribution is 2.20. The van der Waals surface area contributed by atoms with Crippen LogP contribution in [0.2, 0.25) is 0 Å². The van der Waals surface area contributed by atoms with Crippen molar-refractivity contribution in [3.8, 4) is 5.75 Å². The Morgan fingerprint density at radius 1 is 1.13 bits per heavy atom. The van der Waals surface area contributed by atoms with Crippen LogP contribution in [0.4, 0.5) is 10.5 Å². The molecule has 30 heavy (non-hydrogen) atoms. The molecule has 3 rings (SSSR count). The Labute approximate surface area is 178 Å². The average Bonchev–Trinajstić information content (AvgIpc) is 3.14. The van der Waals surface area contributed by atoms with E-state index in [0.29, 0.717) is 19.1 Å². The van der Waals surface area contributed by atoms with Gasteiger partial charge in [-0.1, -0.05) is 12.1 Å². The lowest BCUT2D eigenvalue weighted by atomic mass is 10.0. The molecule has 2 aromatic rings. The third kappa shape index (κ3) is 6.20. The molecule has 2 heterocycles. The summed E-state index contributed by atoms with van der Waals surface area (Å²) in [5.74, 6) is 1.32. The first-order chi connectivity index (χ1) is 14.7. The topological polar surface area (TPSA) is 67.3 Å². The second-order valence-electron chi connectivity index (χ2n) is 7.38. The maximum Gasteiger partial charge on any atom is 0.324 e. The van der Waals surface area contributed by atoms with Crippen LogP contribution in [0.5, 0.6) is 5.75 Å². The summed E-state index contributed by atoms with van der Waals surface area (Å²) >= 11 is 0. The predicted octanol–water partition coefficient (Wildman–Crippen LogP) is 4.19. The fourth-order valence-electron chi connectivity index (χ4n) is 3.27. The van der Waals surface area contributed by atoms with Crippen molar-refractivity contribution in [1.29, 1.82) is 0 Å². The first-order valence-corrected chi connectivity index (χ1v) is 10.5. The van der Waals surface area contributed by atoms with E-state index in [4.69, 9.17) is 9.57 Å². The molecule has 1 saturated heterocycles. The van der Waals surface area contributed by atoms with Crippen molar-refractivity contribution in [3.63, 3.8) is 0 Å². The zero-order chi connectivity index (χ0) is 21.2. The van der Waals surface area contributed by atoms with Crippen LogP contribution in [0.25, 0.3) is 0 Å². The van der Waals surface area contributed by atoms with Gasteiger partial charge in [0, 0.05) is 37.7 Å². The van der Waals surface area contributed by atoms with Crippen LogP contribution in [0.1, 0.15) is 32.3 Å². The average molecular weight is 411 g/mol. The van der Waals surface area contributed by atoms with Gasteiger partial charge in [-0.05, 0) is 67.6 Å². The van der Waals surface area contributed by atoms with Crippen molar-refractivity contribution in [2.75, 3.05) is 37.7 Å². The fourth-order valence-corrected chi connectivity index (χ4v) is 3.27. The quantitative estimate of drug-likeness (QED) is 0.411. The van der Waals surface area contributed by atoms with Crippen LogP contribution in [0, 0.1) is 5.92 Å². The van der Waals surface area contributed by atoms with Gasteiger partial charge in [0.05, 0.1) is 12.8 Å². The number of rotatable bonds is 11. The molecule has 0 bridgehead atoms. The van der Waals surface area contributed by atoms with E-state index in [1.54, 1.807) is 18.6 Å². The van der Waals surface area contributed by atoms with Gasteiger partial charge in [-0.15, -0.1) is 0 Å². The number of hydrogen-bond donors (Lipinski definition) is 0. The molecule has 0 aliphatic carbocycles. The molecule has 0 saturated carbocycles. The predicted molar refractivity (Wildman–Crippen MR) is 118 cm³/mol. The number of hydrogen-bond acceptors (Lipinski definition) is 5. The molecule has 7 heteroatoms. The van der Waals surface area contributed by atoms with Crippen molar-refractivity contribution < 1.29 is 14.4 Å². The Kier molecular flexibility index (Phi) is 8.06. The molecule has 1 aliphatic rings. The molecule has 1 atom stereocenters. The minimum Gasteiger partial charge on any atom is -0.494 e. The van der Waals surface area contributed by atoms with E-state index in [0.717, 1.165) is 49.5 Å². The van der Waals surface area contributed by atoms with E-state index >= 15 is 0 Å². The maximum absolute atomic E-state index is 12.6. The van der Waals surface area contributed by atoms with Crippen LogP contribution in [-0.2, 0) is 4.84 Å². The number of oxime groups is 1. The van der Waals surface area contributed by atoms with Crippen LogP contribution < -0.4 is 9.64 Å². The first kappa shape index (κ1) is 21.6. The number of urea groups is 1. The number of carbonyl (C=O) groups is 1. The third-order valence-electron chi connectivity index (χ3n) is 5.13. The van der Waals surface area contributed by atoms with Crippen molar-refractivity contribution in [3.05, 3.63) is 54.4 Å². The molecule has 160 valence electrons. The highest BCUT2D eigenvalue weighted by molar-refractivity contribution is 5.94. The van der Waals surface area contributed by atoms with Gasteiger partial charge < -0.3 is 14.5 Å². The maximum atomic E-state index is 12.6. The Morgan fingerprint density at radius 3 is 2.63 bits per heavy atom. The van der Waals surface area contributed by atoms with E-state index in [1.807, 2.05) is 53.1 Å². The van der Waals surface area contributed by atoms with E-state index in [2.05, 4.69) is 17.1 Å². The van der Waals surface area contributed by atoms with Crippen molar-refractivity contribution in [2.45, 2.75) is 26.7 Å². The Morgan fingerprint density at radius 2 is 1.90 bits per heavy atom. The minimum absolute atomic E-state index is 0.0811. The Balaban J connectivity index is 1.35. The molecule has 0 N–H and O–H groups in total. The van der Waals surface area contributed by atoms with Gasteiger partial charge in [-0.3, -0.25) is 9.88 Å². The van der Waals surface area contributed by atoms with E-state index in [-0.39, 0.29) is 6.03 Å². The summed E-state index contributed by atoms with van der Waals surface area (Å²) in [6, 6.07) is 11.6. The Hall–Kier alpha value is -3.09. The monoisotopic (exact) mass is 410 g/mol. The van der Waals surface area contributed by atoms with Crippen LogP contribution in [0.15, 0.2) is 53.9 Å². The molecular formula is C23H30N4O3. The van der Waals surface area contributed by atoms with Gasteiger partial charge in [0.25, 0.3) is 0 Å². The first-order valence-electron chi connectivity index (χ1n) is 10.5. The SMILES string of the molecule is CCO/N=C/c1ccc(OCC[C@H](C)CCN2CCN(c3ccncc3)C2=O)cc1. The van der Waals surface area contributed by atoms with E-state index < -0.39 is 0 Å². The molecule has 0 radical (unpaired) electrons. The number of benzene rings is 1. The molecule has 1 aromatic carbocycles. The van der Waals surface area contributed by atoms with Gasteiger partial charge in [0.1, 0.15) is 12.4 Å². The molecule has 1 aliphatic heterocycles. The largest absolute Gasteiger partial charge is 0.494 e. The number of anilines is 1. The number of carbonyl (C=O) groups excluding carboxylic acids is 1. The molecular weight excluding hydrogens is 380 g/mol. The summed E-state index contributed by atoms with van der Waals surface area (Å²) in [6.45, 7) is 7.59. The molecule has 0 unspecified atom stereocenters. The zero-order valence-corrected chi connectivity index (χ0v) is 17.7. The summed E-state index contributed by atoms with van der Waals surface area (Å²) in [7, 11) is 0. The lowest BCUT2D eigenvalue weighted by Crippen LogP contribution is -2.33. The summed E-state index contributed by atoms with van der Waals surface area (Å²) in [5, 5.41) is 3.86. The van der Waals surface area contributed by atoms with Gasteiger partial charge in [0.2, 0.25) is 0 Å². The normalized spacial score (nSPS) is 15.1. The lowest BCUT2D eigenvalue weighted by molar-refractivity contribution is 0.160.